The minimum Gasteiger partial charge on any atom is -0.389 e. The molecule has 1 aliphatic carbocycles. The molecule has 0 bridgehead atoms. The van der Waals surface area contributed by atoms with Gasteiger partial charge in [-0.05, 0) is 43.9 Å². The minimum atomic E-state index is -3.48. The minimum absolute atomic E-state index is 0.0388. The molecule has 1 aliphatic rings. The Labute approximate surface area is 125 Å². The topological polar surface area (TPSA) is 72.2 Å². The maximum atomic E-state index is 12.3. The summed E-state index contributed by atoms with van der Waals surface area (Å²) < 4.78 is 27.3. The second kappa shape index (κ2) is 5.79. The Balaban J connectivity index is 2.16. The van der Waals surface area contributed by atoms with E-state index < -0.39 is 10.0 Å². The fraction of sp³-hybridized carbons (Fsp3) is 0.500. The zero-order valence-corrected chi connectivity index (χ0v) is 13.4. The molecular formula is C14H20N2O2S2. The van der Waals surface area contributed by atoms with Crippen LogP contribution in [0, 0.1) is 12.8 Å². The van der Waals surface area contributed by atoms with E-state index in [0.717, 1.165) is 12.0 Å². The Morgan fingerprint density at radius 1 is 1.50 bits per heavy atom. The summed E-state index contributed by atoms with van der Waals surface area (Å²) in [5.41, 5.74) is 7.07. The highest BCUT2D eigenvalue weighted by Gasteiger charge is 2.26. The van der Waals surface area contributed by atoms with Crippen molar-refractivity contribution in [3.8, 4) is 0 Å². The van der Waals surface area contributed by atoms with Gasteiger partial charge in [-0.3, -0.25) is 0 Å². The third-order valence-corrected chi connectivity index (χ3v) is 5.32. The van der Waals surface area contributed by atoms with E-state index in [1.807, 2.05) is 6.92 Å². The molecule has 3 N–H and O–H groups in total. The van der Waals surface area contributed by atoms with Gasteiger partial charge in [0, 0.05) is 11.6 Å². The van der Waals surface area contributed by atoms with Gasteiger partial charge in [0.05, 0.1) is 4.90 Å². The van der Waals surface area contributed by atoms with Crippen LogP contribution in [0.4, 0.5) is 0 Å². The van der Waals surface area contributed by atoms with E-state index in [-0.39, 0.29) is 15.9 Å². The molecule has 0 aromatic heterocycles. The lowest BCUT2D eigenvalue weighted by Gasteiger charge is -2.14. The monoisotopic (exact) mass is 312 g/mol. The summed E-state index contributed by atoms with van der Waals surface area (Å²) in [6, 6.07) is 4.79. The maximum Gasteiger partial charge on any atom is 0.240 e. The van der Waals surface area contributed by atoms with E-state index >= 15 is 0 Å². The molecule has 0 amide bonds. The van der Waals surface area contributed by atoms with Gasteiger partial charge in [-0.25, -0.2) is 13.1 Å². The van der Waals surface area contributed by atoms with Gasteiger partial charge in [0.1, 0.15) is 4.99 Å². The van der Waals surface area contributed by atoms with Crippen molar-refractivity contribution in [1.29, 1.82) is 0 Å². The summed E-state index contributed by atoms with van der Waals surface area (Å²) >= 11 is 4.92. The van der Waals surface area contributed by atoms with Gasteiger partial charge in [-0.15, -0.1) is 0 Å². The molecule has 1 saturated carbocycles. The average Bonchev–Trinajstić information content (AvgIpc) is 3.11. The third-order valence-electron chi connectivity index (χ3n) is 3.51. The lowest BCUT2D eigenvalue weighted by molar-refractivity contribution is 0.530. The molecule has 0 heterocycles. The normalized spacial score (nSPS) is 16.9. The van der Waals surface area contributed by atoms with E-state index in [4.69, 9.17) is 18.0 Å². The van der Waals surface area contributed by atoms with Crippen LogP contribution in [-0.4, -0.2) is 19.4 Å². The number of sulfonamides is 1. The summed E-state index contributed by atoms with van der Waals surface area (Å²) in [4.78, 5) is 0.541. The molecule has 1 aromatic carbocycles. The fourth-order valence-corrected chi connectivity index (χ4v) is 3.88. The number of benzene rings is 1. The van der Waals surface area contributed by atoms with Crippen molar-refractivity contribution in [2.45, 2.75) is 44.0 Å². The number of nitrogens with one attached hydrogen (secondary N) is 1. The lowest BCUT2D eigenvalue weighted by atomic mass is 10.1. The van der Waals surface area contributed by atoms with Crippen LogP contribution in [0.3, 0.4) is 0 Å². The molecule has 2 rings (SSSR count). The lowest BCUT2D eigenvalue weighted by Crippen LogP contribution is -2.33. The van der Waals surface area contributed by atoms with Crippen molar-refractivity contribution in [3.05, 3.63) is 29.3 Å². The first-order valence-corrected chi connectivity index (χ1v) is 8.61. The Morgan fingerprint density at radius 3 is 2.65 bits per heavy atom. The van der Waals surface area contributed by atoms with Gasteiger partial charge < -0.3 is 5.73 Å². The molecule has 1 fully saturated rings. The van der Waals surface area contributed by atoms with E-state index in [0.29, 0.717) is 11.5 Å². The highest BCUT2D eigenvalue weighted by atomic mass is 32.2. The first kappa shape index (κ1) is 15.4. The summed E-state index contributed by atoms with van der Waals surface area (Å²) in [7, 11) is -3.48. The molecule has 0 radical (unpaired) electrons. The molecule has 0 aliphatic heterocycles. The van der Waals surface area contributed by atoms with Gasteiger partial charge in [0.2, 0.25) is 10.0 Å². The Hall–Kier alpha value is -0.980. The van der Waals surface area contributed by atoms with Crippen molar-refractivity contribution in [2.75, 3.05) is 0 Å². The summed E-state index contributed by atoms with van der Waals surface area (Å²) in [6.45, 7) is 3.72. The van der Waals surface area contributed by atoms with Crippen LogP contribution >= 0.6 is 12.2 Å². The largest absolute Gasteiger partial charge is 0.389 e. The van der Waals surface area contributed by atoms with Crippen LogP contribution in [-0.2, 0) is 10.0 Å². The number of nitrogens with two attached hydrogens (primary N) is 1. The quantitative estimate of drug-likeness (QED) is 0.789. The zero-order valence-electron chi connectivity index (χ0n) is 11.7. The molecule has 0 saturated heterocycles. The summed E-state index contributed by atoms with van der Waals surface area (Å²) in [6.07, 6.45) is 3.34. The van der Waals surface area contributed by atoms with E-state index in [1.165, 1.54) is 12.8 Å². The van der Waals surface area contributed by atoms with Crippen molar-refractivity contribution in [1.82, 2.24) is 4.72 Å². The Morgan fingerprint density at radius 2 is 2.15 bits per heavy atom. The number of rotatable bonds is 6. The number of aryl methyl sites for hydroxylation is 1. The van der Waals surface area contributed by atoms with Crippen molar-refractivity contribution in [2.24, 2.45) is 11.7 Å². The molecule has 1 atom stereocenters. The first-order valence-electron chi connectivity index (χ1n) is 6.72. The van der Waals surface area contributed by atoms with Crippen molar-refractivity contribution < 1.29 is 8.42 Å². The smallest absolute Gasteiger partial charge is 0.240 e. The molecule has 4 nitrogen and oxygen atoms in total. The zero-order chi connectivity index (χ0) is 14.9. The number of hydrogen-bond acceptors (Lipinski definition) is 3. The summed E-state index contributed by atoms with van der Waals surface area (Å²) in [5.74, 6) is 0.687. The molecule has 1 aromatic rings. The van der Waals surface area contributed by atoms with Crippen LogP contribution in [0.1, 0.15) is 37.3 Å². The molecule has 20 heavy (non-hydrogen) atoms. The maximum absolute atomic E-state index is 12.3. The first-order chi connectivity index (χ1) is 9.29. The molecular weight excluding hydrogens is 292 g/mol. The standard InChI is InChI=1S/C14H20N2O2S2/c1-9-7-12(5-6-13(9)14(15)19)20(17,18)16-10(2)8-11-3-4-11/h5-7,10-11,16H,3-4,8H2,1-2H3,(H2,15,19). The van der Waals surface area contributed by atoms with Crippen LogP contribution in [0.2, 0.25) is 0 Å². The van der Waals surface area contributed by atoms with Crippen LogP contribution in [0.15, 0.2) is 23.1 Å². The predicted octanol–water partition coefficient (Wildman–Crippen LogP) is 2.10. The third kappa shape index (κ3) is 3.77. The molecule has 6 heteroatoms. The second-order valence-corrected chi connectivity index (χ2v) is 7.70. The average molecular weight is 312 g/mol. The van der Waals surface area contributed by atoms with Gasteiger partial charge in [0.15, 0.2) is 0 Å². The molecule has 0 spiro atoms. The number of hydrogen-bond donors (Lipinski definition) is 2. The van der Waals surface area contributed by atoms with Crippen LogP contribution in [0.5, 0.6) is 0 Å². The van der Waals surface area contributed by atoms with Gasteiger partial charge in [-0.2, -0.15) is 0 Å². The highest BCUT2D eigenvalue weighted by Crippen LogP contribution is 2.33. The number of thiocarbonyl (C=S) groups is 1. The summed E-state index contributed by atoms with van der Waals surface area (Å²) in [5, 5.41) is 0. The van der Waals surface area contributed by atoms with Crippen molar-refractivity contribution in [3.63, 3.8) is 0 Å². The van der Waals surface area contributed by atoms with Gasteiger partial charge in [0.25, 0.3) is 0 Å². The predicted molar refractivity (Wildman–Crippen MR) is 84.2 cm³/mol. The highest BCUT2D eigenvalue weighted by molar-refractivity contribution is 7.89. The molecule has 110 valence electrons. The second-order valence-electron chi connectivity index (χ2n) is 5.54. The van der Waals surface area contributed by atoms with E-state index in [2.05, 4.69) is 4.72 Å². The Kier molecular flexibility index (Phi) is 4.46. The van der Waals surface area contributed by atoms with Gasteiger partial charge >= 0.3 is 0 Å². The van der Waals surface area contributed by atoms with Crippen molar-refractivity contribution >= 4 is 27.2 Å². The van der Waals surface area contributed by atoms with E-state index in [9.17, 15) is 8.42 Å². The fourth-order valence-electron chi connectivity index (χ4n) is 2.31. The van der Waals surface area contributed by atoms with Gasteiger partial charge in [-0.1, -0.05) is 31.1 Å². The van der Waals surface area contributed by atoms with Crippen LogP contribution in [0.25, 0.3) is 0 Å². The van der Waals surface area contributed by atoms with E-state index in [1.54, 1.807) is 25.1 Å². The molecule has 1 unspecified atom stereocenters. The van der Waals surface area contributed by atoms with Crippen LogP contribution < -0.4 is 10.5 Å². The SMILES string of the molecule is Cc1cc(S(=O)(=O)NC(C)CC2CC2)ccc1C(N)=S. The Bertz CT molecular complexity index is 622.